The Morgan fingerprint density at radius 2 is 2.12 bits per heavy atom. The van der Waals surface area contributed by atoms with E-state index in [-0.39, 0.29) is 5.97 Å². The maximum Gasteiger partial charge on any atom is 0.338 e. The van der Waals surface area contributed by atoms with Crippen molar-refractivity contribution in [3.63, 3.8) is 0 Å². The Bertz CT molecular complexity index is 376. The number of carbonyl (C=O) groups is 1. The van der Waals surface area contributed by atoms with Gasteiger partial charge in [0.1, 0.15) is 0 Å². The summed E-state index contributed by atoms with van der Waals surface area (Å²) < 4.78 is 5.01. The predicted molar refractivity (Wildman–Crippen MR) is 64.3 cm³/mol. The third-order valence-corrected chi connectivity index (χ3v) is 1.95. The Hall–Kier alpha value is -1.95. The monoisotopic (exact) mass is 217 g/mol. The molecule has 16 heavy (non-hydrogen) atoms. The van der Waals surface area contributed by atoms with Crippen LogP contribution in [-0.4, -0.2) is 19.1 Å². The summed E-state index contributed by atoms with van der Waals surface area (Å²) in [6.45, 7) is 2.88. The van der Waals surface area contributed by atoms with E-state index in [1.54, 1.807) is 24.3 Å². The quantitative estimate of drug-likeness (QED) is 0.607. The van der Waals surface area contributed by atoms with Gasteiger partial charge < -0.3 is 10.1 Å². The molecule has 0 aliphatic rings. The van der Waals surface area contributed by atoms with Gasteiger partial charge in [-0.05, 0) is 30.7 Å². The molecule has 0 aliphatic heterocycles. The van der Waals surface area contributed by atoms with Crippen LogP contribution in [0.3, 0.4) is 0 Å². The van der Waals surface area contributed by atoms with Gasteiger partial charge in [0.2, 0.25) is 0 Å². The molecule has 0 radical (unpaired) electrons. The fraction of sp³-hybridized carbons (Fsp3) is 0.308. The average Bonchev–Trinajstić information content (AvgIpc) is 2.34. The van der Waals surface area contributed by atoms with Crippen LogP contribution in [0.15, 0.2) is 24.3 Å². The van der Waals surface area contributed by atoms with Crippen LogP contribution in [-0.2, 0) is 4.74 Å². The van der Waals surface area contributed by atoms with E-state index in [9.17, 15) is 4.79 Å². The first-order valence-corrected chi connectivity index (χ1v) is 5.22. The minimum atomic E-state index is -0.287. The molecule has 0 saturated heterocycles. The van der Waals surface area contributed by atoms with E-state index in [0.717, 1.165) is 12.1 Å². The Labute approximate surface area is 95.8 Å². The van der Waals surface area contributed by atoms with E-state index in [1.807, 2.05) is 6.92 Å². The molecule has 0 saturated carbocycles. The van der Waals surface area contributed by atoms with Crippen LogP contribution >= 0.6 is 0 Å². The average molecular weight is 217 g/mol. The third kappa shape index (κ3) is 3.66. The smallest absolute Gasteiger partial charge is 0.338 e. The van der Waals surface area contributed by atoms with E-state index in [1.165, 1.54) is 0 Å². The fourth-order valence-electron chi connectivity index (χ4n) is 1.16. The lowest BCUT2D eigenvalue weighted by Gasteiger charge is -2.05. The largest absolute Gasteiger partial charge is 0.462 e. The van der Waals surface area contributed by atoms with E-state index >= 15 is 0 Å². The number of esters is 1. The molecule has 1 rings (SSSR count). The first-order valence-electron chi connectivity index (χ1n) is 5.22. The van der Waals surface area contributed by atoms with Gasteiger partial charge in [0, 0.05) is 5.69 Å². The summed E-state index contributed by atoms with van der Waals surface area (Å²) in [7, 11) is 0. The van der Waals surface area contributed by atoms with Crippen molar-refractivity contribution in [3.8, 4) is 12.3 Å². The number of ether oxygens (including phenoxy) is 1. The Balaban J connectivity index is 2.57. The van der Waals surface area contributed by atoms with Gasteiger partial charge >= 0.3 is 5.97 Å². The summed E-state index contributed by atoms with van der Waals surface area (Å²) in [5.41, 5.74) is 1.45. The molecule has 84 valence electrons. The zero-order valence-electron chi connectivity index (χ0n) is 9.32. The summed E-state index contributed by atoms with van der Waals surface area (Å²) in [5.74, 6) is 2.19. The van der Waals surface area contributed by atoms with Crippen molar-refractivity contribution < 1.29 is 9.53 Å². The Morgan fingerprint density at radius 1 is 1.44 bits per heavy atom. The van der Waals surface area contributed by atoms with Crippen LogP contribution in [0.1, 0.15) is 23.7 Å². The standard InChI is InChI=1S/C13H15NO2/c1-3-9-14-12-7-5-11(6-8-12)13(15)16-10-4-2/h1,5-8,14H,4,9-10H2,2H3. The molecule has 1 aromatic rings. The molecule has 0 spiro atoms. The highest BCUT2D eigenvalue weighted by Crippen LogP contribution is 2.10. The molecule has 0 heterocycles. The molecule has 1 N–H and O–H groups in total. The SMILES string of the molecule is C#CCNc1ccc(C(=O)OCCC)cc1. The summed E-state index contributed by atoms with van der Waals surface area (Å²) in [5, 5.41) is 3.02. The van der Waals surface area contributed by atoms with E-state index < -0.39 is 0 Å². The van der Waals surface area contributed by atoms with E-state index in [2.05, 4.69) is 11.2 Å². The minimum absolute atomic E-state index is 0.287. The maximum atomic E-state index is 11.5. The highest BCUT2D eigenvalue weighted by molar-refractivity contribution is 5.89. The first kappa shape index (κ1) is 12.1. The van der Waals surface area contributed by atoms with Crippen molar-refractivity contribution in [2.45, 2.75) is 13.3 Å². The van der Waals surface area contributed by atoms with Gasteiger partial charge in [0.05, 0.1) is 18.7 Å². The molecule has 1 aromatic carbocycles. The van der Waals surface area contributed by atoms with Crippen molar-refractivity contribution in [1.29, 1.82) is 0 Å². The number of terminal acetylenes is 1. The molecular weight excluding hydrogens is 202 g/mol. The summed E-state index contributed by atoms with van der Waals surface area (Å²) >= 11 is 0. The lowest BCUT2D eigenvalue weighted by atomic mass is 10.2. The van der Waals surface area contributed by atoms with Gasteiger partial charge in [-0.2, -0.15) is 0 Å². The lowest BCUT2D eigenvalue weighted by Crippen LogP contribution is -2.06. The lowest BCUT2D eigenvalue weighted by molar-refractivity contribution is 0.0505. The van der Waals surface area contributed by atoms with E-state index in [4.69, 9.17) is 11.2 Å². The zero-order chi connectivity index (χ0) is 11.8. The van der Waals surface area contributed by atoms with Gasteiger partial charge in [-0.1, -0.05) is 12.8 Å². The van der Waals surface area contributed by atoms with Crippen molar-refractivity contribution in [2.75, 3.05) is 18.5 Å². The third-order valence-electron chi connectivity index (χ3n) is 1.95. The summed E-state index contributed by atoms with van der Waals surface area (Å²) in [6, 6.07) is 7.05. The number of rotatable bonds is 5. The van der Waals surface area contributed by atoms with Gasteiger partial charge in [0.15, 0.2) is 0 Å². The summed E-state index contributed by atoms with van der Waals surface area (Å²) in [6.07, 6.45) is 5.95. The number of benzene rings is 1. The fourth-order valence-corrected chi connectivity index (χ4v) is 1.16. The number of nitrogens with one attached hydrogen (secondary N) is 1. The molecule has 0 unspecified atom stereocenters. The molecule has 3 nitrogen and oxygen atoms in total. The van der Waals surface area contributed by atoms with Crippen LogP contribution in [0.4, 0.5) is 5.69 Å². The Kier molecular flexibility index (Phi) is 4.94. The van der Waals surface area contributed by atoms with Crippen LogP contribution < -0.4 is 5.32 Å². The normalized spacial score (nSPS) is 9.25. The minimum Gasteiger partial charge on any atom is -0.462 e. The zero-order valence-corrected chi connectivity index (χ0v) is 9.32. The van der Waals surface area contributed by atoms with Crippen LogP contribution in [0.2, 0.25) is 0 Å². The topological polar surface area (TPSA) is 38.3 Å². The van der Waals surface area contributed by atoms with Gasteiger partial charge in [-0.3, -0.25) is 0 Å². The van der Waals surface area contributed by atoms with Crippen LogP contribution in [0, 0.1) is 12.3 Å². The predicted octanol–water partition coefficient (Wildman–Crippen LogP) is 2.30. The van der Waals surface area contributed by atoms with Gasteiger partial charge in [-0.25, -0.2) is 4.79 Å². The second kappa shape index (κ2) is 6.52. The van der Waals surface area contributed by atoms with Gasteiger partial charge in [0.25, 0.3) is 0 Å². The van der Waals surface area contributed by atoms with Crippen molar-refractivity contribution in [3.05, 3.63) is 29.8 Å². The molecule has 0 atom stereocenters. The molecule has 0 fully saturated rings. The van der Waals surface area contributed by atoms with Crippen molar-refractivity contribution >= 4 is 11.7 Å². The molecule has 3 heteroatoms. The van der Waals surface area contributed by atoms with E-state index in [0.29, 0.717) is 18.7 Å². The molecule has 0 amide bonds. The number of anilines is 1. The molecule has 0 aromatic heterocycles. The number of hydrogen-bond acceptors (Lipinski definition) is 3. The second-order valence-electron chi connectivity index (χ2n) is 3.27. The maximum absolute atomic E-state index is 11.5. The molecular formula is C13H15NO2. The number of carbonyl (C=O) groups excluding carboxylic acids is 1. The number of hydrogen-bond donors (Lipinski definition) is 1. The van der Waals surface area contributed by atoms with Crippen LogP contribution in [0.25, 0.3) is 0 Å². The molecule has 0 aliphatic carbocycles. The molecule has 0 bridgehead atoms. The van der Waals surface area contributed by atoms with Crippen molar-refractivity contribution in [1.82, 2.24) is 0 Å². The first-order chi connectivity index (χ1) is 7.77. The Morgan fingerprint density at radius 3 is 2.69 bits per heavy atom. The second-order valence-corrected chi connectivity index (χ2v) is 3.27. The van der Waals surface area contributed by atoms with Crippen LogP contribution in [0.5, 0.6) is 0 Å². The highest BCUT2D eigenvalue weighted by Gasteiger charge is 2.05. The summed E-state index contributed by atoms with van der Waals surface area (Å²) in [4.78, 5) is 11.5. The van der Waals surface area contributed by atoms with Crippen molar-refractivity contribution in [2.24, 2.45) is 0 Å². The van der Waals surface area contributed by atoms with Gasteiger partial charge in [-0.15, -0.1) is 6.42 Å². The highest BCUT2D eigenvalue weighted by atomic mass is 16.5.